The first-order valence-electron chi connectivity index (χ1n) is 7.02. The highest BCUT2D eigenvalue weighted by Gasteiger charge is 2.19. The van der Waals surface area contributed by atoms with Gasteiger partial charge in [0.05, 0.1) is 0 Å². The zero-order valence-electron chi connectivity index (χ0n) is 12.0. The van der Waals surface area contributed by atoms with Gasteiger partial charge in [-0.25, -0.2) is 0 Å². The van der Waals surface area contributed by atoms with E-state index in [9.17, 15) is 0 Å². The van der Waals surface area contributed by atoms with Crippen LogP contribution in [0.15, 0.2) is 60.8 Å². The number of fused-ring (bicyclic) bond motifs is 1. The van der Waals surface area contributed by atoms with E-state index in [4.69, 9.17) is 0 Å². The van der Waals surface area contributed by atoms with E-state index >= 15 is 0 Å². The van der Waals surface area contributed by atoms with E-state index in [0.29, 0.717) is 0 Å². The highest BCUT2D eigenvalue weighted by Crippen LogP contribution is 2.24. The van der Waals surface area contributed by atoms with Crippen molar-refractivity contribution in [3.05, 3.63) is 66.4 Å². The van der Waals surface area contributed by atoms with E-state index in [2.05, 4.69) is 78.7 Å². The average Bonchev–Trinajstić information content (AvgIpc) is 2.94. The normalized spacial score (nSPS) is 11.7. The summed E-state index contributed by atoms with van der Waals surface area (Å²) < 4.78 is 0. The standard InChI is InChI=1S/C18H20N2/c1-18(2,15-6-4-3-5-7-15)13-20-16-8-9-17-14(12-16)10-11-19-17/h3-12,19-20H,13H2,1-2H3. The lowest BCUT2D eigenvalue weighted by Gasteiger charge is -2.26. The van der Waals surface area contributed by atoms with E-state index in [1.807, 2.05) is 6.20 Å². The molecule has 0 saturated carbocycles. The monoisotopic (exact) mass is 264 g/mol. The maximum atomic E-state index is 3.55. The lowest BCUT2D eigenvalue weighted by molar-refractivity contribution is 0.557. The number of aromatic nitrogens is 1. The minimum Gasteiger partial charge on any atom is -0.384 e. The Kier molecular flexibility index (Phi) is 3.23. The minimum absolute atomic E-state index is 0.106. The zero-order chi connectivity index (χ0) is 14.0. The summed E-state index contributed by atoms with van der Waals surface area (Å²) in [6.07, 6.45) is 1.97. The van der Waals surface area contributed by atoms with Crippen molar-refractivity contribution in [2.24, 2.45) is 0 Å². The van der Waals surface area contributed by atoms with Crippen LogP contribution in [0.4, 0.5) is 5.69 Å². The second-order valence-electron chi connectivity index (χ2n) is 5.88. The quantitative estimate of drug-likeness (QED) is 0.710. The third-order valence-corrected chi connectivity index (χ3v) is 3.84. The Bertz CT molecular complexity index is 696. The summed E-state index contributed by atoms with van der Waals surface area (Å²) in [7, 11) is 0. The van der Waals surface area contributed by atoms with Gasteiger partial charge in [0, 0.05) is 34.7 Å². The molecule has 0 radical (unpaired) electrons. The maximum Gasteiger partial charge on any atom is 0.0455 e. The molecule has 0 atom stereocenters. The van der Waals surface area contributed by atoms with Crippen LogP contribution in [0.5, 0.6) is 0 Å². The van der Waals surface area contributed by atoms with Crippen molar-refractivity contribution in [2.75, 3.05) is 11.9 Å². The fraction of sp³-hybridized carbons (Fsp3) is 0.222. The third-order valence-electron chi connectivity index (χ3n) is 3.84. The van der Waals surface area contributed by atoms with E-state index < -0.39 is 0 Å². The van der Waals surface area contributed by atoms with Crippen LogP contribution in [0.2, 0.25) is 0 Å². The number of rotatable bonds is 4. The number of benzene rings is 2. The predicted molar refractivity (Wildman–Crippen MR) is 86.3 cm³/mol. The van der Waals surface area contributed by atoms with Crippen molar-refractivity contribution in [3.63, 3.8) is 0 Å². The topological polar surface area (TPSA) is 27.8 Å². The van der Waals surface area contributed by atoms with Gasteiger partial charge in [0.2, 0.25) is 0 Å². The third kappa shape index (κ3) is 2.55. The van der Waals surface area contributed by atoms with Crippen molar-refractivity contribution in [3.8, 4) is 0 Å². The highest BCUT2D eigenvalue weighted by atomic mass is 14.9. The van der Waals surface area contributed by atoms with Gasteiger partial charge in [-0.05, 0) is 29.8 Å². The zero-order valence-corrected chi connectivity index (χ0v) is 12.0. The fourth-order valence-electron chi connectivity index (χ4n) is 2.48. The molecule has 0 spiro atoms. The van der Waals surface area contributed by atoms with Gasteiger partial charge in [-0.2, -0.15) is 0 Å². The molecule has 0 aliphatic heterocycles. The van der Waals surface area contributed by atoms with Gasteiger partial charge in [0.15, 0.2) is 0 Å². The predicted octanol–water partition coefficient (Wildman–Crippen LogP) is 4.56. The molecule has 0 aliphatic carbocycles. The molecular weight excluding hydrogens is 244 g/mol. The van der Waals surface area contributed by atoms with Crippen LogP contribution in [-0.4, -0.2) is 11.5 Å². The lowest BCUT2D eigenvalue weighted by Crippen LogP contribution is -2.27. The Labute approximate surface area is 119 Å². The van der Waals surface area contributed by atoms with Crippen LogP contribution in [0.1, 0.15) is 19.4 Å². The summed E-state index contributed by atoms with van der Waals surface area (Å²) in [5.41, 5.74) is 3.81. The van der Waals surface area contributed by atoms with Crippen LogP contribution < -0.4 is 5.32 Å². The van der Waals surface area contributed by atoms with Crippen LogP contribution in [0, 0.1) is 0 Å². The number of hydrogen-bond donors (Lipinski definition) is 2. The first kappa shape index (κ1) is 12.8. The molecule has 0 bridgehead atoms. The molecule has 2 nitrogen and oxygen atoms in total. The molecule has 1 heterocycles. The van der Waals surface area contributed by atoms with Crippen molar-refractivity contribution in [2.45, 2.75) is 19.3 Å². The average molecular weight is 264 g/mol. The van der Waals surface area contributed by atoms with Crippen LogP contribution >= 0.6 is 0 Å². The van der Waals surface area contributed by atoms with E-state index in [-0.39, 0.29) is 5.41 Å². The molecule has 0 saturated heterocycles. The molecule has 0 amide bonds. The Hall–Kier alpha value is -2.22. The minimum atomic E-state index is 0.106. The second-order valence-corrected chi connectivity index (χ2v) is 5.88. The summed E-state index contributed by atoms with van der Waals surface area (Å²) >= 11 is 0. The molecule has 3 rings (SSSR count). The number of H-pyrrole nitrogens is 1. The molecule has 102 valence electrons. The second kappa shape index (κ2) is 5.04. The molecule has 2 aromatic carbocycles. The van der Waals surface area contributed by atoms with Gasteiger partial charge in [-0.1, -0.05) is 44.2 Å². The lowest BCUT2D eigenvalue weighted by atomic mass is 9.84. The molecule has 0 unspecified atom stereocenters. The SMILES string of the molecule is CC(C)(CNc1ccc2[nH]ccc2c1)c1ccccc1. The summed E-state index contributed by atoms with van der Waals surface area (Å²) in [6, 6.07) is 19.2. The first-order valence-corrected chi connectivity index (χ1v) is 7.02. The van der Waals surface area contributed by atoms with Gasteiger partial charge in [0.25, 0.3) is 0 Å². The van der Waals surface area contributed by atoms with Crippen LogP contribution in [0.25, 0.3) is 10.9 Å². The summed E-state index contributed by atoms with van der Waals surface area (Å²) in [6.45, 7) is 5.45. The highest BCUT2D eigenvalue weighted by molar-refractivity contribution is 5.82. The summed E-state index contributed by atoms with van der Waals surface area (Å²) in [5.74, 6) is 0. The number of anilines is 1. The molecule has 2 heteroatoms. The molecule has 1 aromatic heterocycles. The van der Waals surface area contributed by atoms with Crippen LogP contribution in [0.3, 0.4) is 0 Å². The van der Waals surface area contributed by atoms with E-state index in [0.717, 1.165) is 6.54 Å². The van der Waals surface area contributed by atoms with Gasteiger partial charge in [-0.15, -0.1) is 0 Å². The molecule has 0 fully saturated rings. The smallest absolute Gasteiger partial charge is 0.0455 e. The van der Waals surface area contributed by atoms with Crippen molar-refractivity contribution < 1.29 is 0 Å². The number of aromatic amines is 1. The number of hydrogen-bond acceptors (Lipinski definition) is 1. The van der Waals surface area contributed by atoms with Crippen LogP contribution in [-0.2, 0) is 5.41 Å². The Morgan fingerprint density at radius 3 is 2.60 bits per heavy atom. The van der Waals surface area contributed by atoms with Gasteiger partial charge in [0.1, 0.15) is 0 Å². The summed E-state index contributed by atoms with van der Waals surface area (Å²) in [5, 5.41) is 4.79. The molecule has 2 N–H and O–H groups in total. The van der Waals surface area contributed by atoms with Gasteiger partial charge < -0.3 is 10.3 Å². The van der Waals surface area contributed by atoms with Crippen molar-refractivity contribution >= 4 is 16.6 Å². The number of nitrogens with one attached hydrogen (secondary N) is 2. The van der Waals surface area contributed by atoms with Gasteiger partial charge in [-0.3, -0.25) is 0 Å². The first-order chi connectivity index (χ1) is 9.65. The van der Waals surface area contributed by atoms with Gasteiger partial charge >= 0.3 is 0 Å². The molecule has 3 aromatic rings. The van der Waals surface area contributed by atoms with Crippen molar-refractivity contribution in [1.29, 1.82) is 0 Å². The Balaban J connectivity index is 1.75. The Morgan fingerprint density at radius 1 is 1.00 bits per heavy atom. The van der Waals surface area contributed by atoms with Crippen molar-refractivity contribution in [1.82, 2.24) is 4.98 Å². The van der Waals surface area contributed by atoms with E-state index in [1.54, 1.807) is 0 Å². The molecular formula is C18H20N2. The Morgan fingerprint density at radius 2 is 1.80 bits per heavy atom. The summed E-state index contributed by atoms with van der Waals surface area (Å²) in [4.78, 5) is 3.22. The largest absolute Gasteiger partial charge is 0.384 e. The molecule has 20 heavy (non-hydrogen) atoms. The fourth-order valence-corrected chi connectivity index (χ4v) is 2.48. The maximum absolute atomic E-state index is 3.55. The van der Waals surface area contributed by atoms with E-state index in [1.165, 1.54) is 22.2 Å². The molecule has 0 aliphatic rings.